The van der Waals surface area contributed by atoms with Crippen molar-refractivity contribution in [2.45, 2.75) is 25.9 Å². The lowest BCUT2D eigenvalue weighted by Gasteiger charge is -2.16. The molecule has 108 valence electrons. The summed E-state index contributed by atoms with van der Waals surface area (Å²) in [7, 11) is 1.82. The van der Waals surface area contributed by atoms with Crippen LogP contribution in [0, 0.1) is 0 Å². The normalized spacial score (nSPS) is 13.0. The predicted octanol–water partition coefficient (Wildman–Crippen LogP) is 0.544. The van der Waals surface area contributed by atoms with Crippen LogP contribution in [0.4, 0.5) is 0 Å². The summed E-state index contributed by atoms with van der Waals surface area (Å²) in [5.41, 5.74) is 0.401. The maximum Gasteiger partial charge on any atom is 0.255 e. The zero-order chi connectivity index (χ0) is 13.5. The van der Waals surface area contributed by atoms with Crippen LogP contribution in [0.2, 0.25) is 0 Å². The molecule has 0 aliphatic carbocycles. The van der Waals surface area contributed by atoms with Crippen LogP contribution >= 0.6 is 12.4 Å². The molecule has 0 aromatic carbocycles. The van der Waals surface area contributed by atoms with Gasteiger partial charge in [-0.25, -0.2) is 0 Å². The standard InChI is InChI=1S/C12H19N3O3.ClH/c1-8(13-3)6-14-11(16)9(2)15-12(17)10-4-5-18-7-10;/h4-5,7-9,13H,6H2,1-3H3,(H,14,16)(H,15,17);1H. The molecule has 1 aromatic heterocycles. The quantitative estimate of drug-likeness (QED) is 0.714. The molecule has 6 nitrogen and oxygen atoms in total. The number of carbonyl (C=O) groups is 2. The molecule has 19 heavy (non-hydrogen) atoms. The number of halogens is 1. The number of hydrogen-bond acceptors (Lipinski definition) is 4. The Balaban J connectivity index is 0.00000324. The number of furan rings is 1. The van der Waals surface area contributed by atoms with E-state index in [2.05, 4.69) is 16.0 Å². The first-order valence-corrected chi connectivity index (χ1v) is 5.82. The Morgan fingerprint density at radius 2 is 2.05 bits per heavy atom. The van der Waals surface area contributed by atoms with Crippen LogP contribution in [-0.4, -0.2) is 37.5 Å². The fraction of sp³-hybridized carbons (Fsp3) is 0.500. The molecule has 0 aliphatic heterocycles. The molecular weight excluding hydrogens is 270 g/mol. The summed E-state index contributed by atoms with van der Waals surface area (Å²) in [5, 5.41) is 8.34. The van der Waals surface area contributed by atoms with Crippen molar-refractivity contribution in [3.05, 3.63) is 24.2 Å². The fourth-order valence-electron chi connectivity index (χ4n) is 1.25. The smallest absolute Gasteiger partial charge is 0.255 e. The van der Waals surface area contributed by atoms with Crippen LogP contribution in [-0.2, 0) is 4.79 Å². The maximum atomic E-state index is 11.7. The van der Waals surface area contributed by atoms with E-state index in [1.165, 1.54) is 12.5 Å². The van der Waals surface area contributed by atoms with E-state index in [9.17, 15) is 9.59 Å². The maximum absolute atomic E-state index is 11.7. The Kier molecular flexibility index (Phi) is 7.86. The topological polar surface area (TPSA) is 83.4 Å². The van der Waals surface area contributed by atoms with Gasteiger partial charge in [0.25, 0.3) is 5.91 Å². The van der Waals surface area contributed by atoms with E-state index < -0.39 is 6.04 Å². The van der Waals surface area contributed by atoms with Gasteiger partial charge in [0.1, 0.15) is 12.3 Å². The zero-order valence-corrected chi connectivity index (χ0v) is 12.0. The van der Waals surface area contributed by atoms with Crippen molar-refractivity contribution in [1.82, 2.24) is 16.0 Å². The van der Waals surface area contributed by atoms with Crippen molar-refractivity contribution >= 4 is 24.2 Å². The SMILES string of the molecule is CNC(C)CNC(=O)C(C)NC(=O)c1ccoc1.Cl. The molecule has 2 unspecified atom stereocenters. The van der Waals surface area contributed by atoms with E-state index in [0.717, 1.165) is 0 Å². The van der Waals surface area contributed by atoms with Gasteiger partial charge in [-0.3, -0.25) is 9.59 Å². The third kappa shape index (κ3) is 5.76. The van der Waals surface area contributed by atoms with Gasteiger partial charge in [-0.15, -0.1) is 12.4 Å². The molecule has 1 rings (SSSR count). The first-order valence-electron chi connectivity index (χ1n) is 5.82. The van der Waals surface area contributed by atoms with Crippen molar-refractivity contribution < 1.29 is 14.0 Å². The predicted molar refractivity (Wildman–Crippen MR) is 74.4 cm³/mol. The molecule has 2 amide bonds. The molecular formula is C12H20ClN3O3. The molecule has 0 saturated carbocycles. The first-order chi connectivity index (χ1) is 8.54. The monoisotopic (exact) mass is 289 g/mol. The molecule has 0 aliphatic rings. The first kappa shape index (κ1) is 17.5. The highest BCUT2D eigenvalue weighted by molar-refractivity contribution is 5.97. The van der Waals surface area contributed by atoms with Crippen molar-refractivity contribution in [2.24, 2.45) is 0 Å². The van der Waals surface area contributed by atoms with E-state index in [1.807, 2.05) is 14.0 Å². The zero-order valence-electron chi connectivity index (χ0n) is 11.2. The van der Waals surface area contributed by atoms with E-state index in [4.69, 9.17) is 4.42 Å². The molecule has 7 heteroatoms. The van der Waals surface area contributed by atoms with Gasteiger partial charge in [0.15, 0.2) is 0 Å². The third-order valence-electron chi connectivity index (χ3n) is 2.60. The highest BCUT2D eigenvalue weighted by atomic mass is 35.5. The molecule has 3 N–H and O–H groups in total. The highest BCUT2D eigenvalue weighted by Gasteiger charge is 2.17. The summed E-state index contributed by atoms with van der Waals surface area (Å²) in [5.74, 6) is -0.540. The molecule has 0 fully saturated rings. The molecule has 1 heterocycles. The average molecular weight is 290 g/mol. The minimum absolute atomic E-state index is 0. The van der Waals surface area contributed by atoms with Crippen LogP contribution in [0.5, 0.6) is 0 Å². The minimum Gasteiger partial charge on any atom is -0.472 e. The number of rotatable bonds is 6. The summed E-state index contributed by atoms with van der Waals surface area (Å²) in [6, 6.07) is 1.14. The summed E-state index contributed by atoms with van der Waals surface area (Å²) in [6.07, 6.45) is 2.75. The molecule has 0 saturated heterocycles. The Hall–Kier alpha value is -1.53. The van der Waals surface area contributed by atoms with Gasteiger partial charge in [-0.1, -0.05) is 0 Å². The van der Waals surface area contributed by atoms with Gasteiger partial charge in [-0.05, 0) is 27.0 Å². The van der Waals surface area contributed by atoms with Crippen LogP contribution in [0.15, 0.2) is 23.0 Å². The average Bonchev–Trinajstić information content (AvgIpc) is 2.89. The van der Waals surface area contributed by atoms with Crippen molar-refractivity contribution in [3.8, 4) is 0 Å². The highest BCUT2D eigenvalue weighted by Crippen LogP contribution is 1.99. The van der Waals surface area contributed by atoms with Gasteiger partial charge in [0.2, 0.25) is 5.91 Å². The van der Waals surface area contributed by atoms with Crippen LogP contribution < -0.4 is 16.0 Å². The van der Waals surface area contributed by atoms with E-state index >= 15 is 0 Å². The molecule has 1 aromatic rings. The Labute approximate surface area is 118 Å². The number of carbonyl (C=O) groups excluding carboxylic acids is 2. The molecule has 0 spiro atoms. The minimum atomic E-state index is -0.587. The van der Waals surface area contributed by atoms with Crippen molar-refractivity contribution in [1.29, 1.82) is 0 Å². The summed E-state index contributed by atoms with van der Waals surface area (Å²) in [6.45, 7) is 4.10. The van der Waals surface area contributed by atoms with Gasteiger partial charge in [0.05, 0.1) is 11.8 Å². The Bertz CT molecular complexity index is 395. The number of nitrogens with one attached hydrogen (secondary N) is 3. The van der Waals surface area contributed by atoms with Crippen LogP contribution in [0.25, 0.3) is 0 Å². The molecule has 0 radical (unpaired) electrons. The van der Waals surface area contributed by atoms with E-state index in [0.29, 0.717) is 12.1 Å². The second kappa shape index (κ2) is 8.55. The summed E-state index contributed by atoms with van der Waals surface area (Å²) in [4.78, 5) is 23.3. The Morgan fingerprint density at radius 1 is 1.37 bits per heavy atom. The van der Waals surface area contributed by atoms with Crippen LogP contribution in [0.1, 0.15) is 24.2 Å². The number of likely N-dealkylation sites (N-methyl/N-ethyl adjacent to an activating group) is 1. The number of amides is 2. The van der Waals surface area contributed by atoms with Gasteiger partial charge >= 0.3 is 0 Å². The molecule has 2 atom stereocenters. The van der Waals surface area contributed by atoms with Gasteiger partial charge in [0, 0.05) is 12.6 Å². The molecule has 0 bridgehead atoms. The largest absolute Gasteiger partial charge is 0.472 e. The second-order valence-electron chi connectivity index (χ2n) is 4.14. The second-order valence-corrected chi connectivity index (χ2v) is 4.14. The van der Waals surface area contributed by atoms with Crippen molar-refractivity contribution in [2.75, 3.05) is 13.6 Å². The lowest BCUT2D eigenvalue weighted by atomic mass is 10.2. The van der Waals surface area contributed by atoms with Crippen molar-refractivity contribution in [3.63, 3.8) is 0 Å². The Morgan fingerprint density at radius 3 is 2.58 bits per heavy atom. The lowest BCUT2D eigenvalue weighted by molar-refractivity contribution is -0.122. The lowest BCUT2D eigenvalue weighted by Crippen LogP contribution is -2.47. The summed E-state index contributed by atoms with van der Waals surface area (Å²) < 4.78 is 4.80. The fourth-order valence-corrected chi connectivity index (χ4v) is 1.25. The van der Waals surface area contributed by atoms with Gasteiger partial charge in [-0.2, -0.15) is 0 Å². The van der Waals surface area contributed by atoms with E-state index in [1.54, 1.807) is 13.0 Å². The van der Waals surface area contributed by atoms with Crippen LogP contribution in [0.3, 0.4) is 0 Å². The third-order valence-corrected chi connectivity index (χ3v) is 2.60. The summed E-state index contributed by atoms with van der Waals surface area (Å²) >= 11 is 0. The number of hydrogen-bond donors (Lipinski definition) is 3. The van der Waals surface area contributed by atoms with Gasteiger partial charge < -0.3 is 20.4 Å². The van der Waals surface area contributed by atoms with E-state index in [-0.39, 0.29) is 30.3 Å².